The number of likely N-dealkylation sites (tertiary alicyclic amines) is 1. The number of nitrogens with one attached hydrogen (secondary N) is 2. The van der Waals surface area contributed by atoms with E-state index in [1.807, 2.05) is 11.9 Å². The number of hydrogen-bond donors (Lipinski definition) is 3. The minimum atomic E-state index is -0.0538. The Morgan fingerprint density at radius 1 is 1.73 bits per heavy atom. The van der Waals surface area contributed by atoms with E-state index >= 15 is 0 Å². The second kappa shape index (κ2) is 5.11. The highest BCUT2D eigenvalue weighted by Crippen LogP contribution is 2.20. The standard InChI is InChI=1S/C10H20N4O/c1-7(15)9(13-2)5-8-3-4-14(6-8)10(11)12/h8-9,13H,3-6H2,1-2H3,(H3,11,12). The van der Waals surface area contributed by atoms with Crippen LogP contribution in [0.3, 0.4) is 0 Å². The predicted molar refractivity (Wildman–Crippen MR) is 59.7 cm³/mol. The van der Waals surface area contributed by atoms with E-state index in [2.05, 4.69) is 5.32 Å². The summed E-state index contributed by atoms with van der Waals surface area (Å²) in [6.07, 6.45) is 1.86. The normalized spacial score (nSPS) is 22.8. The molecule has 0 bridgehead atoms. The second-order valence-corrected chi connectivity index (χ2v) is 4.17. The van der Waals surface area contributed by atoms with Gasteiger partial charge in [0.25, 0.3) is 0 Å². The highest BCUT2D eigenvalue weighted by atomic mass is 16.1. The third-order valence-electron chi connectivity index (χ3n) is 3.03. The van der Waals surface area contributed by atoms with Gasteiger partial charge in [-0.25, -0.2) is 0 Å². The molecule has 0 aromatic heterocycles. The lowest BCUT2D eigenvalue weighted by molar-refractivity contribution is -0.119. The fraction of sp³-hybridized carbons (Fsp3) is 0.800. The van der Waals surface area contributed by atoms with Crippen LogP contribution >= 0.6 is 0 Å². The number of ketones is 1. The van der Waals surface area contributed by atoms with Crippen molar-refractivity contribution in [3.63, 3.8) is 0 Å². The van der Waals surface area contributed by atoms with E-state index in [1.54, 1.807) is 6.92 Å². The van der Waals surface area contributed by atoms with E-state index in [1.165, 1.54) is 0 Å². The highest BCUT2D eigenvalue weighted by molar-refractivity contribution is 5.81. The van der Waals surface area contributed by atoms with Gasteiger partial charge in [-0.05, 0) is 32.7 Å². The number of likely N-dealkylation sites (N-methyl/N-ethyl adjacent to an activating group) is 1. The first-order valence-corrected chi connectivity index (χ1v) is 5.31. The number of guanidine groups is 1. The van der Waals surface area contributed by atoms with Gasteiger partial charge in [0.2, 0.25) is 0 Å². The fourth-order valence-electron chi connectivity index (χ4n) is 2.06. The first-order chi connectivity index (χ1) is 7.04. The van der Waals surface area contributed by atoms with E-state index in [9.17, 15) is 4.79 Å². The van der Waals surface area contributed by atoms with Crippen molar-refractivity contribution in [1.29, 1.82) is 5.41 Å². The molecule has 0 radical (unpaired) electrons. The molecule has 2 atom stereocenters. The largest absolute Gasteiger partial charge is 0.370 e. The molecule has 5 nitrogen and oxygen atoms in total. The Balaban J connectivity index is 2.41. The van der Waals surface area contributed by atoms with Crippen LogP contribution in [0.15, 0.2) is 0 Å². The average molecular weight is 212 g/mol. The Bertz CT molecular complexity index is 254. The third-order valence-corrected chi connectivity index (χ3v) is 3.03. The number of Topliss-reactive ketones (excluding diaryl/α,β-unsaturated/α-hetero) is 1. The number of rotatable bonds is 4. The van der Waals surface area contributed by atoms with E-state index < -0.39 is 0 Å². The summed E-state index contributed by atoms with van der Waals surface area (Å²) in [5.74, 6) is 0.787. The summed E-state index contributed by atoms with van der Waals surface area (Å²) >= 11 is 0. The fourth-order valence-corrected chi connectivity index (χ4v) is 2.06. The minimum Gasteiger partial charge on any atom is -0.370 e. The van der Waals surface area contributed by atoms with Gasteiger partial charge in [-0.3, -0.25) is 10.2 Å². The summed E-state index contributed by atoms with van der Waals surface area (Å²) in [7, 11) is 1.81. The van der Waals surface area contributed by atoms with E-state index in [-0.39, 0.29) is 17.8 Å². The summed E-state index contributed by atoms with van der Waals surface area (Å²) in [6.45, 7) is 3.26. The van der Waals surface area contributed by atoms with Gasteiger partial charge >= 0.3 is 0 Å². The van der Waals surface area contributed by atoms with E-state index in [4.69, 9.17) is 11.1 Å². The summed E-state index contributed by atoms with van der Waals surface area (Å²) < 4.78 is 0. The Morgan fingerprint density at radius 2 is 2.40 bits per heavy atom. The van der Waals surface area contributed by atoms with Crippen molar-refractivity contribution in [3.05, 3.63) is 0 Å². The number of nitrogens with zero attached hydrogens (tertiary/aromatic N) is 1. The maximum Gasteiger partial charge on any atom is 0.188 e. The quantitative estimate of drug-likeness (QED) is 0.444. The molecule has 5 heteroatoms. The van der Waals surface area contributed by atoms with Gasteiger partial charge in [-0.15, -0.1) is 0 Å². The maximum atomic E-state index is 11.2. The molecule has 0 spiro atoms. The van der Waals surface area contributed by atoms with Crippen molar-refractivity contribution in [1.82, 2.24) is 10.2 Å². The lowest BCUT2D eigenvalue weighted by atomic mass is 9.97. The molecule has 0 aliphatic carbocycles. The molecule has 86 valence electrons. The van der Waals surface area contributed by atoms with Crippen LogP contribution in [0.2, 0.25) is 0 Å². The van der Waals surface area contributed by atoms with Crippen molar-refractivity contribution < 1.29 is 4.79 Å². The van der Waals surface area contributed by atoms with Crippen LogP contribution in [0.5, 0.6) is 0 Å². The van der Waals surface area contributed by atoms with Crippen molar-refractivity contribution in [2.45, 2.75) is 25.8 Å². The predicted octanol–water partition coefficient (Wildman–Crippen LogP) is -0.231. The summed E-state index contributed by atoms with van der Waals surface area (Å²) in [4.78, 5) is 13.1. The van der Waals surface area contributed by atoms with Gasteiger partial charge in [0.05, 0.1) is 6.04 Å². The van der Waals surface area contributed by atoms with Crippen LogP contribution in [0.25, 0.3) is 0 Å². The highest BCUT2D eigenvalue weighted by Gasteiger charge is 2.26. The summed E-state index contributed by atoms with van der Waals surface area (Å²) in [5, 5.41) is 10.3. The Hall–Kier alpha value is -1.10. The Morgan fingerprint density at radius 3 is 2.80 bits per heavy atom. The zero-order valence-corrected chi connectivity index (χ0v) is 9.42. The van der Waals surface area contributed by atoms with Crippen LogP contribution in [0, 0.1) is 11.3 Å². The van der Waals surface area contributed by atoms with Gasteiger partial charge in [0, 0.05) is 13.1 Å². The molecule has 15 heavy (non-hydrogen) atoms. The maximum absolute atomic E-state index is 11.2. The molecular weight excluding hydrogens is 192 g/mol. The summed E-state index contributed by atoms with van der Waals surface area (Å²) in [5.41, 5.74) is 5.41. The Kier molecular flexibility index (Phi) is 4.08. The van der Waals surface area contributed by atoms with Crippen LogP contribution < -0.4 is 11.1 Å². The SMILES string of the molecule is CNC(CC1CCN(C(=N)N)C1)C(C)=O. The van der Waals surface area contributed by atoms with Crippen LogP contribution in [0.4, 0.5) is 0 Å². The van der Waals surface area contributed by atoms with Crippen LogP contribution in [-0.4, -0.2) is 42.8 Å². The molecule has 0 amide bonds. The number of carbonyl (C=O) groups is 1. The number of carbonyl (C=O) groups excluding carboxylic acids is 1. The van der Waals surface area contributed by atoms with Gasteiger partial charge in [0.15, 0.2) is 5.96 Å². The molecule has 0 aromatic carbocycles. The monoisotopic (exact) mass is 212 g/mol. The minimum absolute atomic E-state index is 0.0538. The van der Waals surface area contributed by atoms with Gasteiger partial charge < -0.3 is 16.0 Å². The molecule has 0 aromatic rings. The number of hydrogen-bond acceptors (Lipinski definition) is 3. The molecule has 0 saturated carbocycles. The van der Waals surface area contributed by atoms with E-state index in [0.717, 1.165) is 25.9 Å². The van der Waals surface area contributed by atoms with Gasteiger partial charge in [0.1, 0.15) is 5.78 Å². The lowest BCUT2D eigenvalue weighted by Gasteiger charge is -2.18. The molecule has 1 saturated heterocycles. The zero-order valence-electron chi connectivity index (χ0n) is 9.42. The van der Waals surface area contributed by atoms with Crippen molar-refractivity contribution >= 4 is 11.7 Å². The van der Waals surface area contributed by atoms with Gasteiger partial charge in [-0.2, -0.15) is 0 Å². The Labute approximate surface area is 90.5 Å². The molecule has 1 heterocycles. The lowest BCUT2D eigenvalue weighted by Crippen LogP contribution is -2.37. The van der Waals surface area contributed by atoms with Crippen molar-refractivity contribution in [2.24, 2.45) is 11.7 Å². The second-order valence-electron chi connectivity index (χ2n) is 4.17. The first-order valence-electron chi connectivity index (χ1n) is 5.31. The molecule has 1 aliphatic rings. The molecular formula is C10H20N4O. The molecule has 1 fully saturated rings. The molecule has 2 unspecified atom stereocenters. The topological polar surface area (TPSA) is 82.2 Å². The van der Waals surface area contributed by atoms with Crippen LogP contribution in [0.1, 0.15) is 19.8 Å². The van der Waals surface area contributed by atoms with Crippen molar-refractivity contribution in [3.8, 4) is 0 Å². The third kappa shape index (κ3) is 3.20. The molecule has 4 N–H and O–H groups in total. The molecule has 1 rings (SSSR count). The summed E-state index contributed by atoms with van der Waals surface area (Å²) in [6, 6.07) is -0.0538. The smallest absolute Gasteiger partial charge is 0.188 e. The van der Waals surface area contributed by atoms with Crippen molar-refractivity contribution in [2.75, 3.05) is 20.1 Å². The first kappa shape index (κ1) is 12.0. The number of nitrogens with two attached hydrogens (primary N) is 1. The van der Waals surface area contributed by atoms with Crippen LogP contribution in [-0.2, 0) is 4.79 Å². The molecule has 1 aliphatic heterocycles. The van der Waals surface area contributed by atoms with Gasteiger partial charge in [-0.1, -0.05) is 0 Å². The van der Waals surface area contributed by atoms with E-state index in [0.29, 0.717) is 5.92 Å². The average Bonchev–Trinajstić information content (AvgIpc) is 2.61. The zero-order chi connectivity index (χ0) is 11.4.